The van der Waals surface area contributed by atoms with E-state index in [-0.39, 0.29) is 14.1 Å². The molecule has 26 heavy (non-hydrogen) atoms. The van der Waals surface area contributed by atoms with Gasteiger partial charge in [0.25, 0.3) is 0 Å². The van der Waals surface area contributed by atoms with Gasteiger partial charge in [-0.2, -0.15) is 0 Å². The van der Waals surface area contributed by atoms with Crippen molar-refractivity contribution < 1.29 is 9.53 Å². The first kappa shape index (κ1) is 18.4. The van der Waals surface area contributed by atoms with Gasteiger partial charge in [0.05, 0.1) is 0 Å². The standard InChI is InChI=1S/C23H23O2P/c1-16-8-7-9-17(2)22(16)23(24)26-21-13-12-20(14-18(21)3)25-15-19-10-5-4-6-11-19/h4-14,26H,15H2,1-3H3. The topological polar surface area (TPSA) is 26.3 Å². The molecular weight excluding hydrogens is 339 g/mol. The number of hydrogen-bond acceptors (Lipinski definition) is 2. The maximum atomic E-state index is 12.8. The predicted octanol–water partition coefficient (Wildman–Crippen LogP) is 5.34. The lowest BCUT2D eigenvalue weighted by Gasteiger charge is -2.12. The Morgan fingerprint density at radius 1 is 0.846 bits per heavy atom. The van der Waals surface area contributed by atoms with E-state index in [4.69, 9.17) is 4.74 Å². The van der Waals surface area contributed by atoms with Gasteiger partial charge >= 0.3 is 0 Å². The van der Waals surface area contributed by atoms with Crippen LogP contribution in [0.4, 0.5) is 0 Å². The average molecular weight is 362 g/mol. The third-order valence-electron chi connectivity index (χ3n) is 4.40. The average Bonchev–Trinajstić information content (AvgIpc) is 2.63. The maximum absolute atomic E-state index is 12.8. The van der Waals surface area contributed by atoms with Crippen molar-refractivity contribution in [3.8, 4) is 5.75 Å². The molecule has 0 bridgehead atoms. The van der Waals surface area contributed by atoms with Crippen LogP contribution >= 0.6 is 8.58 Å². The molecule has 0 amide bonds. The summed E-state index contributed by atoms with van der Waals surface area (Å²) in [6.07, 6.45) is 0. The van der Waals surface area contributed by atoms with E-state index in [9.17, 15) is 4.79 Å². The van der Waals surface area contributed by atoms with Gasteiger partial charge in [0.15, 0.2) is 5.52 Å². The second-order valence-corrected chi connectivity index (χ2v) is 7.71. The normalized spacial score (nSPS) is 11.0. The van der Waals surface area contributed by atoms with Crippen LogP contribution in [-0.4, -0.2) is 5.52 Å². The lowest BCUT2D eigenvalue weighted by Crippen LogP contribution is -2.08. The molecule has 0 saturated carbocycles. The highest BCUT2D eigenvalue weighted by Gasteiger charge is 2.14. The Kier molecular flexibility index (Phi) is 5.85. The second-order valence-electron chi connectivity index (χ2n) is 6.47. The molecule has 1 atom stereocenters. The van der Waals surface area contributed by atoms with E-state index < -0.39 is 0 Å². The Balaban J connectivity index is 1.70. The lowest BCUT2D eigenvalue weighted by atomic mass is 10.0. The number of carbonyl (C=O) groups excluding carboxylic acids is 1. The van der Waals surface area contributed by atoms with Gasteiger partial charge in [-0.15, -0.1) is 0 Å². The summed E-state index contributed by atoms with van der Waals surface area (Å²) < 4.78 is 5.87. The highest BCUT2D eigenvalue weighted by atomic mass is 31.1. The van der Waals surface area contributed by atoms with Crippen LogP contribution in [0.25, 0.3) is 0 Å². The predicted molar refractivity (Wildman–Crippen MR) is 110 cm³/mol. The molecule has 0 aliphatic heterocycles. The van der Waals surface area contributed by atoms with Crippen LogP contribution in [0, 0.1) is 20.8 Å². The minimum absolute atomic E-state index is 0.124. The summed E-state index contributed by atoms with van der Waals surface area (Å²) in [5, 5.41) is 1.07. The molecule has 0 aromatic heterocycles. The largest absolute Gasteiger partial charge is 0.489 e. The van der Waals surface area contributed by atoms with Crippen molar-refractivity contribution in [3.05, 3.63) is 94.5 Å². The van der Waals surface area contributed by atoms with Crippen molar-refractivity contribution in [1.29, 1.82) is 0 Å². The summed E-state index contributed by atoms with van der Waals surface area (Å²) in [6.45, 7) is 6.58. The highest BCUT2D eigenvalue weighted by molar-refractivity contribution is 7.66. The Labute approximate surface area is 157 Å². The number of ether oxygens (including phenoxy) is 1. The Morgan fingerprint density at radius 3 is 2.19 bits per heavy atom. The molecule has 0 radical (unpaired) electrons. The minimum atomic E-state index is 0.124. The fourth-order valence-electron chi connectivity index (χ4n) is 2.96. The smallest absolute Gasteiger partial charge is 0.186 e. The highest BCUT2D eigenvalue weighted by Crippen LogP contribution is 2.26. The summed E-state index contributed by atoms with van der Waals surface area (Å²) >= 11 is 0. The van der Waals surface area contributed by atoms with E-state index in [2.05, 4.69) is 0 Å². The zero-order valence-corrected chi connectivity index (χ0v) is 16.4. The molecule has 2 nitrogen and oxygen atoms in total. The van der Waals surface area contributed by atoms with Crippen molar-refractivity contribution in [3.63, 3.8) is 0 Å². The molecule has 3 aromatic carbocycles. The second kappa shape index (κ2) is 8.29. The van der Waals surface area contributed by atoms with Crippen LogP contribution < -0.4 is 10.0 Å². The van der Waals surface area contributed by atoms with Gasteiger partial charge in [-0.3, -0.25) is 4.79 Å². The van der Waals surface area contributed by atoms with Gasteiger partial charge in [-0.05, 0) is 69.0 Å². The van der Waals surface area contributed by atoms with E-state index in [0.29, 0.717) is 6.61 Å². The van der Waals surface area contributed by atoms with Gasteiger partial charge in [0.2, 0.25) is 0 Å². The number of rotatable bonds is 6. The SMILES string of the molecule is Cc1cc(OCc2ccccc2)ccc1PC(=O)c1c(C)cccc1C. The molecule has 132 valence electrons. The van der Waals surface area contributed by atoms with Crippen LogP contribution in [0.1, 0.15) is 32.6 Å². The molecule has 0 fully saturated rings. The third-order valence-corrected chi connectivity index (χ3v) is 5.71. The first-order chi connectivity index (χ1) is 12.5. The molecule has 3 heteroatoms. The molecule has 3 aromatic rings. The monoisotopic (exact) mass is 362 g/mol. The van der Waals surface area contributed by atoms with Gasteiger partial charge in [-0.25, -0.2) is 0 Å². The van der Waals surface area contributed by atoms with Crippen molar-refractivity contribution in [2.75, 3.05) is 0 Å². The number of aryl methyl sites for hydroxylation is 3. The van der Waals surface area contributed by atoms with Crippen LogP contribution in [0.5, 0.6) is 5.75 Å². The van der Waals surface area contributed by atoms with E-state index in [1.165, 1.54) is 0 Å². The fraction of sp³-hybridized carbons (Fsp3) is 0.174. The first-order valence-electron chi connectivity index (χ1n) is 8.69. The molecule has 0 spiro atoms. The molecule has 1 unspecified atom stereocenters. The van der Waals surface area contributed by atoms with Gasteiger partial charge in [0, 0.05) is 5.56 Å². The van der Waals surface area contributed by atoms with Crippen molar-refractivity contribution >= 4 is 19.4 Å². The summed E-state index contributed by atoms with van der Waals surface area (Å²) in [4.78, 5) is 12.8. The molecule has 0 heterocycles. The number of carbonyl (C=O) groups is 1. The van der Waals surface area contributed by atoms with Crippen molar-refractivity contribution in [1.82, 2.24) is 0 Å². The molecule has 0 N–H and O–H groups in total. The fourth-order valence-corrected chi connectivity index (χ4v) is 4.16. The van der Waals surface area contributed by atoms with Crippen LogP contribution in [0.2, 0.25) is 0 Å². The first-order valence-corrected chi connectivity index (χ1v) is 9.69. The van der Waals surface area contributed by atoms with Crippen LogP contribution in [0.3, 0.4) is 0 Å². The Morgan fingerprint density at radius 2 is 1.54 bits per heavy atom. The summed E-state index contributed by atoms with van der Waals surface area (Å²) in [6, 6.07) is 22.1. The summed E-state index contributed by atoms with van der Waals surface area (Å²) in [7, 11) is 0.124. The van der Waals surface area contributed by atoms with Crippen LogP contribution in [0.15, 0.2) is 66.7 Å². The molecular formula is C23H23O2P. The van der Waals surface area contributed by atoms with Gasteiger partial charge in [0.1, 0.15) is 12.4 Å². The third kappa shape index (κ3) is 4.39. The molecule has 0 aliphatic rings. The zero-order valence-electron chi connectivity index (χ0n) is 15.4. The molecule has 0 aliphatic carbocycles. The van der Waals surface area contributed by atoms with E-state index in [0.717, 1.165) is 38.9 Å². The lowest BCUT2D eigenvalue weighted by molar-refractivity contribution is 0.108. The molecule has 3 rings (SSSR count). The minimum Gasteiger partial charge on any atom is -0.489 e. The van der Waals surface area contributed by atoms with E-state index in [1.807, 2.05) is 87.5 Å². The quantitative estimate of drug-likeness (QED) is 0.554. The summed E-state index contributed by atoms with van der Waals surface area (Å²) in [5.41, 5.74) is 5.37. The molecule has 0 saturated heterocycles. The Bertz CT molecular complexity index is 896. The zero-order chi connectivity index (χ0) is 18.5. The number of benzene rings is 3. The van der Waals surface area contributed by atoms with Gasteiger partial charge in [-0.1, -0.05) is 54.6 Å². The number of hydrogen-bond donors (Lipinski definition) is 0. The van der Waals surface area contributed by atoms with Crippen molar-refractivity contribution in [2.45, 2.75) is 27.4 Å². The maximum Gasteiger partial charge on any atom is 0.186 e. The van der Waals surface area contributed by atoms with Crippen molar-refractivity contribution in [2.24, 2.45) is 0 Å². The Hall–Kier alpha value is -2.44. The summed E-state index contributed by atoms with van der Waals surface area (Å²) in [5.74, 6) is 0.833. The van der Waals surface area contributed by atoms with Gasteiger partial charge < -0.3 is 4.74 Å². The van der Waals surface area contributed by atoms with E-state index in [1.54, 1.807) is 0 Å². The van der Waals surface area contributed by atoms with E-state index >= 15 is 0 Å². The van der Waals surface area contributed by atoms with Crippen LogP contribution in [-0.2, 0) is 6.61 Å².